The van der Waals surface area contributed by atoms with Gasteiger partial charge in [0.2, 0.25) is 0 Å². The van der Waals surface area contributed by atoms with Crippen molar-refractivity contribution in [3.63, 3.8) is 0 Å². The van der Waals surface area contributed by atoms with Gasteiger partial charge in [-0.15, -0.1) is 11.8 Å². The number of allylic oxidation sites excluding steroid dienone is 1. The summed E-state index contributed by atoms with van der Waals surface area (Å²) in [4.78, 5) is 21.5. The molecule has 5 nitrogen and oxygen atoms in total. The number of nitrogens with two attached hydrogens (primary N) is 1. The summed E-state index contributed by atoms with van der Waals surface area (Å²) in [5.41, 5.74) is 5.60. The van der Waals surface area contributed by atoms with Gasteiger partial charge < -0.3 is 21.0 Å². The Morgan fingerprint density at radius 1 is 1.41 bits per heavy atom. The van der Waals surface area contributed by atoms with Crippen LogP contribution in [-0.2, 0) is 9.59 Å². The van der Waals surface area contributed by atoms with Crippen molar-refractivity contribution < 1.29 is 14.7 Å². The zero-order valence-corrected chi connectivity index (χ0v) is 14.9. The topological polar surface area (TPSA) is 92.4 Å². The SMILES string of the molecule is CC(N)(/C=C/C1C(C)(C)SC1(C)C)CN[C@H](C=O)CC(=O)O. The number of carbonyl (C=O) groups excluding carboxylic acids is 1. The lowest BCUT2D eigenvalue weighted by molar-refractivity contribution is -0.138. The predicted octanol–water partition coefficient (Wildman–Crippen LogP) is 1.81. The van der Waals surface area contributed by atoms with Crippen LogP contribution < -0.4 is 11.1 Å². The number of hydrogen-bond donors (Lipinski definition) is 3. The summed E-state index contributed by atoms with van der Waals surface area (Å²) < 4.78 is 0.385. The summed E-state index contributed by atoms with van der Waals surface area (Å²) in [5.74, 6) is -0.581. The third-order valence-corrected chi connectivity index (χ3v) is 5.56. The first kappa shape index (κ1) is 19.2. The van der Waals surface area contributed by atoms with E-state index < -0.39 is 17.6 Å². The Bertz CT molecular complexity index is 444. The number of carbonyl (C=O) groups is 2. The maximum absolute atomic E-state index is 10.9. The maximum atomic E-state index is 10.9. The molecule has 0 radical (unpaired) electrons. The van der Waals surface area contributed by atoms with Gasteiger partial charge in [-0.3, -0.25) is 4.79 Å². The van der Waals surface area contributed by atoms with E-state index in [1.165, 1.54) is 0 Å². The molecule has 1 saturated heterocycles. The molecule has 1 unspecified atom stereocenters. The Kier molecular flexibility index (Phi) is 5.87. The van der Waals surface area contributed by atoms with Crippen LogP contribution in [0.3, 0.4) is 0 Å². The second kappa shape index (κ2) is 6.72. The third-order valence-electron chi connectivity index (χ3n) is 4.00. The highest BCUT2D eigenvalue weighted by Crippen LogP contribution is 2.59. The molecule has 0 bridgehead atoms. The van der Waals surface area contributed by atoms with Crippen molar-refractivity contribution in [2.45, 2.75) is 62.1 Å². The summed E-state index contributed by atoms with van der Waals surface area (Å²) in [7, 11) is 0. The van der Waals surface area contributed by atoms with Crippen molar-refractivity contribution in [1.29, 1.82) is 0 Å². The van der Waals surface area contributed by atoms with Crippen LogP contribution in [0.4, 0.5) is 0 Å². The quantitative estimate of drug-likeness (QED) is 0.465. The number of nitrogens with one attached hydrogen (secondary N) is 1. The van der Waals surface area contributed by atoms with Gasteiger partial charge in [0.15, 0.2) is 0 Å². The van der Waals surface area contributed by atoms with E-state index in [4.69, 9.17) is 10.8 Å². The molecule has 22 heavy (non-hydrogen) atoms. The lowest BCUT2D eigenvalue weighted by atomic mass is 9.80. The van der Waals surface area contributed by atoms with Crippen LogP contribution >= 0.6 is 11.8 Å². The molecule has 2 atom stereocenters. The summed E-state index contributed by atoms with van der Waals surface area (Å²) >= 11 is 1.96. The third kappa shape index (κ3) is 5.11. The zero-order chi connectivity index (χ0) is 17.2. The Labute approximate surface area is 137 Å². The predicted molar refractivity (Wildman–Crippen MR) is 91.1 cm³/mol. The van der Waals surface area contributed by atoms with Gasteiger partial charge in [-0.25, -0.2) is 0 Å². The molecule has 0 aliphatic carbocycles. The largest absolute Gasteiger partial charge is 0.481 e. The van der Waals surface area contributed by atoms with Gasteiger partial charge in [0, 0.05) is 27.5 Å². The molecule has 0 amide bonds. The second-order valence-corrected chi connectivity index (χ2v) is 9.68. The molecule has 0 spiro atoms. The molecule has 0 saturated carbocycles. The van der Waals surface area contributed by atoms with Crippen molar-refractivity contribution in [3.8, 4) is 0 Å². The van der Waals surface area contributed by atoms with E-state index >= 15 is 0 Å². The lowest BCUT2D eigenvalue weighted by Crippen LogP contribution is -2.54. The fraction of sp³-hybridized carbons (Fsp3) is 0.750. The summed E-state index contributed by atoms with van der Waals surface area (Å²) in [6, 6.07) is -0.707. The molecule has 1 fully saturated rings. The normalized spacial score (nSPS) is 24.5. The molecule has 1 aliphatic rings. The number of hydrogen-bond acceptors (Lipinski definition) is 5. The van der Waals surface area contributed by atoms with E-state index in [0.29, 0.717) is 18.7 Å². The molecule has 1 aliphatic heterocycles. The van der Waals surface area contributed by atoms with Crippen LogP contribution in [0.5, 0.6) is 0 Å². The molecular weight excluding hydrogens is 300 g/mol. The minimum atomic E-state index is -1.01. The van der Waals surface area contributed by atoms with E-state index in [1.54, 1.807) is 0 Å². The van der Waals surface area contributed by atoms with Crippen molar-refractivity contribution in [2.75, 3.05) is 6.54 Å². The average Bonchev–Trinajstić information content (AvgIpc) is 2.31. The first-order chi connectivity index (χ1) is 9.89. The molecule has 0 aromatic heterocycles. The Morgan fingerprint density at radius 2 is 1.95 bits per heavy atom. The van der Waals surface area contributed by atoms with Crippen LogP contribution in [0.1, 0.15) is 41.0 Å². The minimum absolute atomic E-state index is 0.193. The number of carboxylic acid groups (broad SMARTS) is 1. The summed E-state index contributed by atoms with van der Waals surface area (Å²) in [6.45, 7) is 11.1. The van der Waals surface area contributed by atoms with Crippen molar-refractivity contribution in [2.24, 2.45) is 11.7 Å². The summed E-state index contributed by atoms with van der Waals surface area (Å²) in [6.07, 6.45) is 4.51. The van der Waals surface area contributed by atoms with Crippen LogP contribution in [0.15, 0.2) is 12.2 Å². The highest BCUT2D eigenvalue weighted by molar-refractivity contribution is 8.03. The van der Waals surface area contributed by atoms with E-state index in [0.717, 1.165) is 0 Å². The van der Waals surface area contributed by atoms with E-state index in [1.807, 2.05) is 24.8 Å². The second-order valence-electron chi connectivity index (χ2n) is 7.37. The van der Waals surface area contributed by atoms with Crippen LogP contribution in [0.25, 0.3) is 0 Å². The molecular formula is C16H28N2O3S. The van der Waals surface area contributed by atoms with Gasteiger partial charge in [0.05, 0.1) is 12.5 Å². The first-order valence-electron chi connectivity index (χ1n) is 7.48. The number of carboxylic acids is 1. The van der Waals surface area contributed by atoms with Gasteiger partial charge in [-0.1, -0.05) is 39.8 Å². The van der Waals surface area contributed by atoms with Gasteiger partial charge in [-0.2, -0.15) is 0 Å². The standard InChI is InChI=1S/C16H28N2O3S/c1-14(2)12(15(3,4)22-14)6-7-16(5,17)10-18-11(9-19)8-13(20)21/h6-7,9,11-12,18H,8,10,17H2,1-5H3,(H,20,21)/b7-6+/t11-,16?/m0/s1. The molecule has 1 heterocycles. The smallest absolute Gasteiger partial charge is 0.305 e. The number of rotatable bonds is 8. The van der Waals surface area contributed by atoms with E-state index in [2.05, 4.69) is 39.1 Å². The van der Waals surface area contributed by atoms with Gasteiger partial charge in [-0.05, 0) is 6.92 Å². The minimum Gasteiger partial charge on any atom is -0.481 e. The van der Waals surface area contributed by atoms with Gasteiger partial charge in [0.1, 0.15) is 6.29 Å². The number of aliphatic carboxylic acids is 1. The highest BCUT2D eigenvalue weighted by atomic mass is 32.2. The van der Waals surface area contributed by atoms with Crippen LogP contribution in [0.2, 0.25) is 0 Å². The van der Waals surface area contributed by atoms with Gasteiger partial charge in [0.25, 0.3) is 0 Å². The van der Waals surface area contributed by atoms with E-state index in [-0.39, 0.29) is 15.9 Å². The Hall–Kier alpha value is -0.850. The van der Waals surface area contributed by atoms with Crippen LogP contribution in [-0.4, -0.2) is 45.0 Å². The highest BCUT2D eigenvalue weighted by Gasteiger charge is 2.52. The van der Waals surface area contributed by atoms with Gasteiger partial charge >= 0.3 is 5.97 Å². The fourth-order valence-electron chi connectivity index (χ4n) is 3.13. The first-order valence-corrected chi connectivity index (χ1v) is 8.30. The Balaban J connectivity index is 2.61. The maximum Gasteiger partial charge on any atom is 0.305 e. The average molecular weight is 328 g/mol. The molecule has 1 rings (SSSR count). The fourth-order valence-corrected chi connectivity index (χ4v) is 5.30. The number of aldehydes is 1. The molecule has 0 aromatic carbocycles. The summed E-state index contributed by atoms with van der Waals surface area (Å²) in [5, 5.41) is 11.6. The lowest BCUT2D eigenvalue weighted by Gasteiger charge is -2.56. The molecule has 4 N–H and O–H groups in total. The van der Waals surface area contributed by atoms with Crippen LogP contribution in [0, 0.1) is 5.92 Å². The molecule has 126 valence electrons. The molecule has 0 aromatic rings. The Morgan fingerprint density at radius 3 is 2.36 bits per heavy atom. The molecule has 6 heteroatoms. The van der Waals surface area contributed by atoms with Crippen molar-refractivity contribution in [1.82, 2.24) is 5.32 Å². The van der Waals surface area contributed by atoms with Crippen molar-refractivity contribution in [3.05, 3.63) is 12.2 Å². The van der Waals surface area contributed by atoms with Crippen molar-refractivity contribution >= 4 is 24.0 Å². The zero-order valence-electron chi connectivity index (χ0n) is 14.1. The monoisotopic (exact) mass is 328 g/mol. The number of thioether (sulfide) groups is 1. The van der Waals surface area contributed by atoms with E-state index in [9.17, 15) is 9.59 Å².